The first-order valence-corrected chi connectivity index (χ1v) is 6.33. The predicted molar refractivity (Wildman–Crippen MR) is 75.1 cm³/mol. The number of hydrogen-bond acceptors (Lipinski definition) is 3. The predicted octanol–water partition coefficient (Wildman–Crippen LogP) is 2.93. The summed E-state index contributed by atoms with van der Waals surface area (Å²) in [5.74, 6) is -1.57. The third kappa shape index (κ3) is 2.17. The zero-order valence-corrected chi connectivity index (χ0v) is 11.5. The highest BCUT2D eigenvalue weighted by atomic mass is 35.5. The fraction of sp³-hybridized carbons (Fsp3) is 0.0714. The lowest BCUT2D eigenvalue weighted by atomic mass is 10.2. The number of nitrogens with zero attached hydrogens (tertiary/aromatic N) is 3. The number of benzene rings is 1. The molecule has 4 nitrogen and oxygen atoms in total. The van der Waals surface area contributed by atoms with Gasteiger partial charge in [0.05, 0.1) is 16.0 Å². The Balaban J connectivity index is 2.38. The lowest BCUT2D eigenvalue weighted by molar-refractivity contribution is 0.601. The van der Waals surface area contributed by atoms with Crippen molar-refractivity contribution in [3.63, 3.8) is 0 Å². The van der Waals surface area contributed by atoms with Gasteiger partial charge in [-0.05, 0) is 24.3 Å². The van der Waals surface area contributed by atoms with E-state index >= 15 is 0 Å². The first-order valence-electron chi connectivity index (χ1n) is 5.95. The molecule has 0 bridgehead atoms. The van der Waals surface area contributed by atoms with E-state index < -0.39 is 17.2 Å². The third-order valence-corrected chi connectivity index (χ3v) is 3.39. The zero-order chi connectivity index (χ0) is 15.1. The molecule has 0 atom stereocenters. The minimum absolute atomic E-state index is 0.0146. The number of halogens is 3. The summed E-state index contributed by atoms with van der Waals surface area (Å²) in [6, 6.07) is 4.93. The molecule has 0 N–H and O–H groups in total. The summed E-state index contributed by atoms with van der Waals surface area (Å²) >= 11 is 5.52. The standard InChI is InChI=1S/C14H8ClF2N3O/c1-20-13(8-5-11(17)9(15)6-10(8)16)19-12-7(14(20)21)3-2-4-18-12/h2-6H,1H3. The van der Waals surface area contributed by atoms with E-state index in [1.165, 1.54) is 13.2 Å². The van der Waals surface area contributed by atoms with Gasteiger partial charge in [0.25, 0.3) is 5.56 Å². The average Bonchev–Trinajstić information content (AvgIpc) is 2.47. The maximum atomic E-state index is 14.0. The van der Waals surface area contributed by atoms with Crippen LogP contribution in [0.25, 0.3) is 22.4 Å². The molecule has 0 amide bonds. The minimum Gasteiger partial charge on any atom is -0.295 e. The Labute approximate surface area is 122 Å². The molecule has 0 unspecified atom stereocenters. The molecule has 0 spiro atoms. The van der Waals surface area contributed by atoms with Gasteiger partial charge in [-0.3, -0.25) is 9.36 Å². The van der Waals surface area contributed by atoms with Crippen molar-refractivity contribution in [1.29, 1.82) is 0 Å². The molecule has 21 heavy (non-hydrogen) atoms. The van der Waals surface area contributed by atoms with Crippen LogP contribution in [0.2, 0.25) is 5.02 Å². The van der Waals surface area contributed by atoms with Gasteiger partial charge in [0.15, 0.2) is 5.65 Å². The van der Waals surface area contributed by atoms with E-state index in [0.717, 1.165) is 16.7 Å². The Morgan fingerprint density at radius 3 is 2.76 bits per heavy atom. The smallest absolute Gasteiger partial charge is 0.263 e. The Bertz CT molecular complexity index is 924. The molecule has 106 valence electrons. The van der Waals surface area contributed by atoms with Crippen LogP contribution in [0.3, 0.4) is 0 Å². The number of pyridine rings is 1. The number of rotatable bonds is 1. The van der Waals surface area contributed by atoms with Crippen molar-refractivity contribution in [3.8, 4) is 11.4 Å². The van der Waals surface area contributed by atoms with Gasteiger partial charge in [-0.1, -0.05) is 11.6 Å². The van der Waals surface area contributed by atoms with E-state index in [4.69, 9.17) is 11.6 Å². The summed E-state index contributed by atoms with van der Waals surface area (Å²) in [5.41, 5.74) is -0.368. The van der Waals surface area contributed by atoms with Gasteiger partial charge in [-0.15, -0.1) is 0 Å². The van der Waals surface area contributed by atoms with Crippen molar-refractivity contribution in [2.24, 2.45) is 7.05 Å². The summed E-state index contributed by atoms with van der Waals surface area (Å²) < 4.78 is 28.7. The van der Waals surface area contributed by atoms with Gasteiger partial charge in [0.1, 0.15) is 17.5 Å². The van der Waals surface area contributed by atoms with Crippen LogP contribution in [0.15, 0.2) is 35.3 Å². The van der Waals surface area contributed by atoms with Crippen molar-refractivity contribution in [1.82, 2.24) is 14.5 Å². The molecule has 1 aromatic carbocycles. The minimum atomic E-state index is -0.788. The molecule has 0 saturated carbocycles. The molecule has 0 aliphatic carbocycles. The topological polar surface area (TPSA) is 47.8 Å². The van der Waals surface area contributed by atoms with Crippen LogP contribution in [-0.2, 0) is 7.05 Å². The lowest BCUT2D eigenvalue weighted by Crippen LogP contribution is -2.21. The van der Waals surface area contributed by atoms with Crippen LogP contribution in [0.5, 0.6) is 0 Å². The van der Waals surface area contributed by atoms with Crippen molar-refractivity contribution >= 4 is 22.6 Å². The van der Waals surface area contributed by atoms with Crippen LogP contribution in [-0.4, -0.2) is 14.5 Å². The number of aromatic nitrogens is 3. The summed E-state index contributed by atoms with van der Waals surface area (Å²) in [6.45, 7) is 0. The van der Waals surface area contributed by atoms with E-state index in [9.17, 15) is 13.6 Å². The molecule has 3 aromatic rings. The van der Waals surface area contributed by atoms with Crippen LogP contribution in [0.4, 0.5) is 8.78 Å². The lowest BCUT2D eigenvalue weighted by Gasteiger charge is -2.10. The second kappa shape index (κ2) is 4.89. The van der Waals surface area contributed by atoms with E-state index in [1.807, 2.05) is 0 Å². The van der Waals surface area contributed by atoms with E-state index in [-0.39, 0.29) is 22.1 Å². The SMILES string of the molecule is Cn1c(-c2cc(F)c(Cl)cc2F)nc2ncccc2c1=O. The van der Waals surface area contributed by atoms with Gasteiger partial charge >= 0.3 is 0 Å². The molecule has 2 aromatic heterocycles. The summed E-state index contributed by atoms with van der Waals surface area (Å²) in [7, 11) is 1.43. The van der Waals surface area contributed by atoms with Crippen molar-refractivity contribution < 1.29 is 8.78 Å². The summed E-state index contributed by atoms with van der Waals surface area (Å²) in [6.07, 6.45) is 1.47. The highest BCUT2D eigenvalue weighted by molar-refractivity contribution is 6.30. The molecule has 7 heteroatoms. The molecule has 0 aliphatic heterocycles. The first-order chi connectivity index (χ1) is 9.99. The van der Waals surface area contributed by atoms with Crippen LogP contribution < -0.4 is 5.56 Å². The Morgan fingerprint density at radius 2 is 2.00 bits per heavy atom. The second-order valence-electron chi connectivity index (χ2n) is 4.42. The van der Waals surface area contributed by atoms with Gasteiger partial charge in [-0.2, -0.15) is 0 Å². The Kier molecular flexibility index (Phi) is 3.17. The Hall–Kier alpha value is -2.34. The molecule has 0 saturated heterocycles. The van der Waals surface area contributed by atoms with E-state index in [0.29, 0.717) is 5.39 Å². The van der Waals surface area contributed by atoms with Gasteiger partial charge in [-0.25, -0.2) is 18.7 Å². The highest BCUT2D eigenvalue weighted by Crippen LogP contribution is 2.26. The van der Waals surface area contributed by atoms with E-state index in [2.05, 4.69) is 9.97 Å². The van der Waals surface area contributed by atoms with Crippen molar-refractivity contribution in [2.75, 3.05) is 0 Å². The second-order valence-corrected chi connectivity index (χ2v) is 4.83. The number of fused-ring (bicyclic) bond motifs is 1. The normalized spacial score (nSPS) is 11.0. The Morgan fingerprint density at radius 1 is 1.24 bits per heavy atom. The molecular formula is C14H8ClF2N3O. The first kappa shape index (κ1) is 13.6. The van der Waals surface area contributed by atoms with Crippen molar-refractivity contribution in [2.45, 2.75) is 0 Å². The van der Waals surface area contributed by atoms with Gasteiger partial charge in [0, 0.05) is 13.2 Å². The van der Waals surface area contributed by atoms with Crippen LogP contribution in [0, 0.1) is 11.6 Å². The fourth-order valence-electron chi connectivity index (χ4n) is 2.04. The average molecular weight is 308 g/mol. The molecule has 3 rings (SSSR count). The van der Waals surface area contributed by atoms with Gasteiger partial charge in [0.2, 0.25) is 0 Å². The number of hydrogen-bond donors (Lipinski definition) is 0. The maximum Gasteiger partial charge on any atom is 0.263 e. The molecule has 0 aliphatic rings. The summed E-state index contributed by atoms with van der Waals surface area (Å²) in [4.78, 5) is 20.3. The molecule has 0 radical (unpaired) electrons. The maximum absolute atomic E-state index is 14.0. The molecular weight excluding hydrogens is 300 g/mol. The highest BCUT2D eigenvalue weighted by Gasteiger charge is 2.16. The molecule has 0 fully saturated rings. The quantitative estimate of drug-likeness (QED) is 0.649. The van der Waals surface area contributed by atoms with Crippen LogP contribution >= 0.6 is 11.6 Å². The monoisotopic (exact) mass is 307 g/mol. The zero-order valence-electron chi connectivity index (χ0n) is 10.8. The van der Waals surface area contributed by atoms with Crippen LogP contribution in [0.1, 0.15) is 0 Å². The molecule has 2 heterocycles. The van der Waals surface area contributed by atoms with Gasteiger partial charge < -0.3 is 0 Å². The fourth-order valence-corrected chi connectivity index (χ4v) is 2.19. The van der Waals surface area contributed by atoms with E-state index in [1.54, 1.807) is 12.1 Å². The van der Waals surface area contributed by atoms with Crippen molar-refractivity contribution in [3.05, 3.63) is 57.5 Å². The largest absolute Gasteiger partial charge is 0.295 e. The summed E-state index contributed by atoms with van der Waals surface area (Å²) in [5, 5.41) is -0.0289. The third-order valence-electron chi connectivity index (χ3n) is 3.10.